The first-order valence-corrected chi connectivity index (χ1v) is 10.4. The van der Waals surface area contributed by atoms with Crippen LogP contribution in [0.4, 0.5) is 0 Å². The lowest BCUT2D eigenvalue weighted by molar-refractivity contribution is -0.162. The highest BCUT2D eigenvalue weighted by Gasteiger charge is 2.44. The normalized spacial score (nSPS) is 25.0. The Kier molecular flexibility index (Phi) is 5.69. The van der Waals surface area contributed by atoms with Crippen molar-refractivity contribution in [3.05, 3.63) is 35.4 Å². The average molecular weight is 386 g/mol. The lowest BCUT2D eigenvalue weighted by Crippen LogP contribution is -2.53. The van der Waals surface area contributed by atoms with E-state index in [0.717, 1.165) is 38.5 Å². The molecule has 2 fully saturated rings. The van der Waals surface area contributed by atoms with Crippen LogP contribution in [0.25, 0.3) is 0 Å². The van der Waals surface area contributed by atoms with Gasteiger partial charge in [-0.05, 0) is 49.7 Å². The molecule has 1 aromatic carbocycles. The lowest BCUT2D eigenvalue weighted by Gasteiger charge is -2.34. The molecule has 0 aromatic heterocycles. The minimum atomic E-state index is -0.415. The molecular formula is C22H30N2O4. The van der Waals surface area contributed by atoms with E-state index < -0.39 is 6.29 Å². The van der Waals surface area contributed by atoms with Crippen LogP contribution >= 0.6 is 0 Å². The number of fused-ring (bicyclic) bond motifs is 1. The molecule has 6 heteroatoms. The van der Waals surface area contributed by atoms with Crippen LogP contribution in [0.2, 0.25) is 0 Å². The van der Waals surface area contributed by atoms with Crippen LogP contribution in [0.1, 0.15) is 36.8 Å². The Hall–Kier alpha value is -1.92. The standard InChI is InChI=1S/C22H30N2O4/c1-27-22(28-2)19-10-6-12-24(19)21(26)18-9-5-11-23(18)20(25)17-13-15-7-3-4-8-16(15)14-17/h3-4,7-8,17-19,22H,5-6,9-14H2,1-2H3/t18-,19?/m0/s1. The third-order valence-electron chi connectivity index (χ3n) is 6.58. The smallest absolute Gasteiger partial charge is 0.245 e. The number of benzene rings is 1. The van der Waals surface area contributed by atoms with Gasteiger partial charge in [-0.25, -0.2) is 0 Å². The molecule has 152 valence electrons. The summed E-state index contributed by atoms with van der Waals surface area (Å²) in [6.07, 6.45) is 4.61. The summed E-state index contributed by atoms with van der Waals surface area (Å²) in [5, 5.41) is 0. The third-order valence-corrected chi connectivity index (χ3v) is 6.58. The number of carbonyl (C=O) groups excluding carboxylic acids is 2. The number of ether oxygens (including phenoxy) is 2. The maximum Gasteiger partial charge on any atom is 0.245 e. The lowest BCUT2D eigenvalue weighted by atomic mass is 10.0. The van der Waals surface area contributed by atoms with Crippen molar-refractivity contribution in [1.29, 1.82) is 0 Å². The molecule has 2 aliphatic heterocycles. The van der Waals surface area contributed by atoms with Gasteiger partial charge in [0.1, 0.15) is 6.04 Å². The molecule has 3 aliphatic rings. The van der Waals surface area contributed by atoms with Gasteiger partial charge in [0.15, 0.2) is 6.29 Å². The maximum atomic E-state index is 13.4. The summed E-state index contributed by atoms with van der Waals surface area (Å²) in [5.41, 5.74) is 2.54. The Morgan fingerprint density at radius 1 is 0.929 bits per heavy atom. The molecule has 6 nitrogen and oxygen atoms in total. The molecule has 28 heavy (non-hydrogen) atoms. The summed E-state index contributed by atoms with van der Waals surface area (Å²) in [6, 6.07) is 7.87. The highest BCUT2D eigenvalue weighted by molar-refractivity contribution is 5.90. The van der Waals surface area contributed by atoms with Gasteiger partial charge in [0, 0.05) is 33.2 Å². The van der Waals surface area contributed by atoms with Gasteiger partial charge in [-0.1, -0.05) is 24.3 Å². The molecule has 2 heterocycles. The van der Waals surface area contributed by atoms with Gasteiger partial charge >= 0.3 is 0 Å². The van der Waals surface area contributed by atoms with Gasteiger partial charge in [0.05, 0.1) is 6.04 Å². The topological polar surface area (TPSA) is 59.1 Å². The molecular weight excluding hydrogens is 356 g/mol. The second kappa shape index (κ2) is 8.21. The summed E-state index contributed by atoms with van der Waals surface area (Å²) >= 11 is 0. The van der Waals surface area contributed by atoms with E-state index in [2.05, 4.69) is 12.1 Å². The number of likely N-dealkylation sites (tertiary alicyclic amines) is 2. The largest absolute Gasteiger partial charge is 0.354 e. The Labute approximate surface area is 166 Å². The number of nitrogens with zero attached hydrogens (tertiary/aromatic N) is 2. The summed E-state index contributed by atoms with van der Waals surface area (Å²) in [5.74, 6) is 0.159. The molecule has 0 bridgehead atoms. The van der Waals surface area contributed by atoms with Crippen LogP contribution in [0.15, 0.2) is 24.3 Å². The Balaban J connectivity index is 1.46. The number of hydrogen-bond acceptors (Lipinski definition) is 4. The van der Waals surface area contributed by atoms with E-state index in [0.29, 0.717) is 13.1 Å². The first-order chi connectivity index (χ1) is 13.6. The monoisotopic (exact) mass is 386 g/mol. The molecule has 0 spiro atoms. The van der Waals surface area contributed by atoms with Crippen LogP contribution in [0.3, 0.4) is 0 Å². The molecule has 2 atom stereocenters. The van der Waals surface area contributed by atoms with E-state index in [9.17, 15) is 9.59 Å². The molecule has 1 unspecified atom stereocenters. The third kappa shape index (κ3) is 3.44. The Bertz CT molecular complexity index is 708. The quantitative estimate of drug-likeness (QED) is 0.727. The highest BCUT2D eigenvalue weighted by atomic mass is 16.7. The zero-order chi connectivity index (χ0) is 19.7. The minimum absolute atomic E-state index is 0.0362. The van der Waals surface area contributed by atoms with Gasteiger partial charge in [0.25, 0.3) is 0 Å². The van der Waals surface area contributed by atoms with Gasteiger partial charge in [-0.2, -0.15) is 0 Å². The number of hydrogen-bond donors (Lipinski definition) is 0. The van der Waals surface area contributed by atoms with E-state index >= 15 is 0 Å². The van der Waals surface area contributed by atoms with Crippen molar-refractivity contribution in [2.45, 2.75) is 56.9 Å². The Morgan fingerprint density at radius 3 is 2.18 bits per heavy atom. The molecule has 1 aromatic rings. The molecule has 2 amide bonds. The van der Waals surface area contributed by atoms with Gasteiger partial charge < -0.3 is 19.3 Å². The van der Waals surface area contributed by atoms with Crippen LogP contribution < -0.4 is 0 Å². The summed E-state index contributed by atoms with van der Waals surface area (Å²) in [4.78, 5) is 30.4. The first-order valence-electron chi connectivity index (χ1n) is 10.4. The summed E-state index contributed by atoms with van der Waals surface area (Å²) < 4.78 is 10.8. The van der Waals surface area contributed by atoms with Gasteiger partial charge in [-0.3, -0.25) is 9.59 Å². The fourth-order valence-corrected chi connectivity index (χ4v) is 5.21. The van der Waals surface area contributed by atoms with Gasteiger partial charge in [-0.15, -0.1) is 0 Å². The van der Waals surface area contributed by atoms with E-state index in [1.165, 1.54) is 11.1 Å². The predicted molar refractivity (Wildman–Crippen MR) is 105 cm³/mol. The van der Waals surface area contributed by atoms with Crippen molar-refractivity contribution in [2.24, 2.45) is 5.92 Å². The van der Waals surface area contributed by atoms with Crippen molar-refractivity contribution in [1.82, 2.24) is 9.80 Å². The minimum Gasteiger partial charge on any atom is -0.354 e. The zero-order valence-electron chi connectivity index (χ0n) is 16.8. The second-order valence-corrected chi connectivity index (χ2v) is 8.14. The fraction of sp³-hybridized carbons (Fsp3) is 0.636. The SMILES string of the molecule is COC(OC)C1CCCN1C(=O)[C@@H]1CCCN1C(=O)C1Cc2ccccc2C1. The fourth-order valence-electron chi connectivity index (χ4n) is 5.21. The van der Waals surface area contributed by atoms with Gasteiger partial charge in [0.2, 0.25) is 11.8 Å². The van der Waals surface area contributed by atoms with Crippen molar-refractivity contribution >= 4 is 11.8 Å². The van der Waals surface area contributed by atoms with Crippen molar-refractivity contribution in [3.8, 4) is 0 Å². The first kappa shape index (κ1) is 19.4. The molecule has 0 radical (unpaired) electrons. The number of amides is 2. The second-order valence-electron chi connectivity index (χ2n) is 8.14. The molecule has 4 rings (SSSR count). The van der Waals surface area contributed by atoms with Crippen molar-refractivity contribution in [3.63, 3.8) is 0 Å². The van der Waals surface area contributed by atoms with Crippen LogP contribution in [0.5, 0.6) is 0 Å². The molecule has 0 N–H and O–H groups in total. The highest BCUT2D eigenvalue weighted by Crippen LogP contribution is 2.32. The van der Waals surface area contributed by atoms with E-state index in [1.54, 1.807) is 14.2 Å². The Morgan fingerprint density at radius 2 is 1.54 bits per heavy atom. The predicted octanol–water partition coefficient (Wildman–Crippen LogP) is 2.00. The van der Waals surface area contributed by atoms with E-state index in [1.807, 2.05) is 21.9 Å². The van der Waals surface area contributed by atoms with E-state index in [-0.39, 0.29) is 29.8 Å². The van der Waals surface area contributed by atoms with Crippen LogP contribution in [-0.2, 0) is 31.9 Å². The van der Waals surface area contributed by atoms with E-state index in [4.69, 9.17) is 9.47 Å². The number of methoxy groups -OCH3 is 2. The molecule has 0 saturated carbocycles. The number of rotatable bonds is 5. The molecule has 2 saturated heterocycles. The summed E-state index contributed by atoms with van der Waals surface area (Å²) in [6.45, 7) is 1.39. The molecule has 1 aliphatic carbocycles. The van der Waals surface area contributed by atoms with Crippen LogP contribution in [-0.4, -0.2) is 67.3 Å². The van der Waals surface area contributed by atoms with Crippen LogP contribution in [0, 0.1) is 5.92 Å². The maximum absolute atomic E-state index is 13.4. The number of carbonyl (C=O) groups is 2. The summed E-state index contributed by atoms with van der Waals surface area (Å²) in [7, 11) is 3.22. The van der Waals surface area contributed by atoms with Crippen molar-refractivity contribution < 1.29 is 19.1 Å². The van der Waals surface area contributed by atoms with Crippen molar-refractivity contribution in [2.75, 3.05) is 27.3 Å². The average Bonchev–Trinajstić information content (AvgIpc) is 3.46. The zero-order valence-corrected chi connectivity index (χ0v) is 16.8.